The minimum atomic E-state index is -1.81. The van der Waals surface area contributed by atoms with Crippen LogP contribution in [0.15, 0.2) is 0 Å². The Morgan fingerprint density at radius 3 is 1.00 bits per heavy atom. The van der Waals surface area contributed by atoms with Crippen LogP contribution in [0.5, 0.6) is 0 Å². The fourth-order valence-electron chi connectivity index (χ4n) is 3.40. The van der Waals surface area contributed by atoms with Gasteiger partial charge in [-0.2, -0.15) is 0 Å². The summed E-state index contributed by atoms with van der Waals surface area (Å²) in [6.45, 7) is 1.48. The van der Waals surface area contributed by atoms with Crippen molar-refractivity contribution >= 4 is 41.4 Å². The zero-order valence-electron chi connectivity index (χ0n) is 25.4. The largest absolute Gasteiger partial charge is 0.480 e. The minimum absolute atomic E-state index is 0.242. The average Bonchev–Trinajstić information content (AvgIpc) is 2.99. The molecular weight excluding hydrogens is 606 g/mol. The van der Waals surface area contributed by atoms with E-state index < -0.39 is 123 Å². The van der Waals surface area contributed by atoms with E-state index >= 15 is 0 Å². The summed E-state index contributed by atoms with van der Waals surface area (Å²) in [7, 11) is 0. The van der Waals surface area contributed by atoms with Gasteiger partial charge in [0.05, 0.1) is 39.1 Å². The smallest absolute Gasteiger partial charge is 0.328 e. The first-order valence-corrected chi connectivity index (χ1v) is 13.8. The molecule has 0 radical (unpaired) electrons. The summed E-state index contributed by atoms with van der Waals surface area (Å²) >= 11 is 0. The summed E-state index contributed by atoms with van der Waals surface area (Å²) in [5, 5.41) is 68.9. The van der Waals surface area contributed by atoms with Crippen LogP contribution in [0.4, 0.5) is 0 Å². The maximum absolute atomic E-state index is 12.9. The second-order valence-corrected chi connectivity index (χ2v) is 10.6. The van der Waals surface area contributed by atoms with Crippen molar-refractivity contribution in [3.05, 3.63) is 0 Å². The monoisotopic (exact) mass is 651 g/mol. The van der Waals surface area contributed by atoms with Gasteiger partial charge in [-0.25, -0.2) is 4.79 Å². The van der Waals surface area contributed by atoms with Crippen molar-refractivity contribution in [3.8, 4) is 0 Å². The van der Waals surface area contributed by atoms with Crippen LogP contribution in [0.3, 0.4) is 0 Å². The van der Waals surface area contributed by atoms with Crippen LogP contribution in [0.1, 0.15) is 27.7 Å². The maximum Gasteiger partial charge on any atom is 0.328 e. The summed E-state index contributed by atoms with van der Waals surface area (Å²) in [5.74, 6) is -8.63. The van der Waals surface area contributed by atoms with E-state index in [1.165, 1.54) is 0 Å². The molecule has 45 heavy (non-hydrogen) atoms. The number of hydrogen-bond donors (Lipinski definition) is 13. The maximum atomic E-state index is 12.9. The molecule has 0 saturated carbocycles. The fraction of sp³-hybridized carbons (Fsp3) is 0.720. The van der Waals surface area contributed by atoms with Crippen LogP contribution in [-0.2, 0) is 33.6 Å². The Kier molecular flexibility index (Phi) is 18.4. The molecule has 0 heterocycles. The van der Waals surface area contributed by atoms with Gasteiger partial charge in [-0.1, -0.05) is 27.7 Å². The van der Waals surface area contributed by atoms with E-state index in [-0.39, 0.29) is 5.92 Å². The number of hydrogen-bond acceptors (Lipinski definition) is 13. The molecule has 0 aromatic rings. The molecule has 0 aliphatic rings. The van der Waals surface area contributed by atoms with Gasteiger partial charge in [-0.3, -0.25) is 28.8 Å². The van der Waals surface area contributed by atoms with E-state index in [0.29, 0.717) is 0 Å². The summed E-state index contributed by atoms with van der Waals surface area (Å²) in [5.41, 5.74) is 5.82. The lowest BCUT2D eigenvalue weighted by Gasteiger charge is -2.27. The lowest BCUT2D eigenvalue weighted by Crippen LogP contribution is -2.62. The van der Waals surface area contributed by atoms with Crippen molar-refractivity contribution in [1.82, 2.24) is 31.9 Å². The summed E-state index contributed by atoms with van der Waals surface area (Å²) < 4.78 is 0. The van der Waals surface area contributed by atoms with Crippen LogP contribution in [0.2, 0.25) is 0 Å². The van der Waals surface area contributed by atoms with Crippen LogP contribution >= 0.6 is 0 Å². The van der Waals surface area contributed by atoms with Gasteiger partial charge in [0.25, 0.3) is 0 Å². The van der Waals surface area contributed by atoms with Crippen molar-refractivity contribution in [2.75, 3.05) is 33.0 Å². The van der Waals surface area contributed by atoms with Gasteiger partial charge < -0.3 is 68.3 Å². The van der Waals surface area contributed by atoms with Crippen LogP contribution in [0, 0.1) is 11.8 Å². The number of carboxylic acids is 1. The number of aliphatic hydroxyl groups is 5. The molecule has 0 fully saturated rings. The molecule has 0 unspecified atom stereocenters. The number of amides is 6. The van der Waals surface area contributed by atoms with Gasteiger partial charge >= 0.3 is 5.97 Å². The Morgan fingerprint density at radius 2 is 0.756 bits per heavy atom. The van der Waals surface area contributed by atoms with E-state index in [1.807, 2.05) is 16.0 Å². The molecule has 0 spiro atoms. The predicted octanol–water partition coefficient (Wildman–Crippen LogP) is -7.42. The van der Waals surface area contributed by atoms with Gasteiger partial charge in [-0.05, 0) is 11.8 Å². The van der Waals surface area contributed by atoms with Gasteiger partial charge in [0.15, 0.2) is 0 Å². The third-order valence-corrected chi connectivity index (χ3v) is 6.33. The van der Waals surface area contributed by atoms with Gasteiger partial charge in [0.2, 0.25) is 35.4 Å². The van der Waals surface area contributed by atoms with Crippen LogP contribution in [0.25, 0.3) is 0 Å². The first-order valence-electron chi connectivity index (χ1n) is 13.8. The first-order chi connectivity index (χ1) is 21.0. The summed E-state index contributed by atoms with van der Waals surface area (Å²) in [6, 6.07) is -10.9. The predicted molar refractivity (Wildman–Crippen MR) is 152 cm³/mol. The minimum Gasteiger partial charge on any atom is -0.480 e. The molecule has 7 atom stereocenters. The lowest BCUT2D eigenvalue weighted by molar-refractivity contribution is -0.143. The molecule has 0 rings (SSSR count). The molecule has 0 aromatic carbocycles. The zero-order chi connectivity index (χ0) is 35.0. The Hall–Kier alpha value is -3.95. The standard InChI is InChI=1S/C25H45N7O13/c1-10(2)17(26)23(42)32-18(11(3)4)24(43)30-15(8-36)21(40)28-13(6-34)19(38)27-12(5-33)20(39)29-14(7-35)22(41)31-16(9-37)25(44)45/h10-18,33-37H,5-9,26H2,1-4H3,(H,27,38)(H,28,40)(H,29,39)(H,30,43)(H,31,41)(H,32,42)(H,44,45)/t12-,13-,14-,15-,16-,17-,18-/m0/s1. The van der Waals surface area contributed by atoms with Gasteiger partial charge in [0, 0.05) is 0 Å². The molecule has 0 bridgehead atoms. The third kappa shape index (κ3) is 13.3. The van der Waals surface area contributed by atoms with E-state index in [1.54, 1.807) is 27.7 Å². The Morgan fingerprint density at radius 1 is 0.467 bits per heavy atom. The highest BCUT2D eigenvalue weighted by atomic mass is 16.4. The van der Waals surface area contributed by atoms with Crippen molar-refractivity contribution in [2.24, 2.45) is 17.6 Å². The van der Waals surface area contributed by atoms with E-state index in [4.69, 9.17) is 15.9 Å². The molecule has 0 aliphatic carbocycles. The second kappa shape index (κ2) is 20.2. The van der Waals surface area contributed by atoms with Crippen molar-refractivity contribution in [2.45, 2.75) is 70.0 Å². The molecule has 0 saturated heterocycles. The molecule has 0 aromatic heterocycles. The Labute approximate surface area is 258 Å². The van der Waals surface area contributed by atoms with Gasteiger partial charge in [0.1, 0.15) is 36.3 Å². The molecule has 6 amide bonds. The second-order valence-electron chi connectivity index (χ2n) is 10.6. The normalized spacial score (nSPS) is 15.8. The Bertz CT molecular complexity index is 1040. The molecule has 20 heteroatoms. The SMILES string of the molecule is CC(C)[C@H](N)C(=O)N[C@H](C(=O)N[C@@H](CO)C(=O)N[C@@H](CO)C(=O)N[C@@H](CO)C(=O)N[C@@H](CO)C(=O)N[C@@H](CO)C(=O)O)C(C)C. The quantitative estimate of drug-likeness (QED) is 0.0582. The number of carbonyl (C=O) groups excluding carboxylic acids is 6. The molecular formula is C25H45N7O13. The topological polar surface area (TPSA) is 339 Å². The molecule has 0 aliphatic heterocycles. The van der Waals surface area contributed by atoms with E-state index in [0.717, 1.165) is 0 Å². The number of nitrogens with one attached hydrogen (secondary N) is 6. The van der Waals surface area contributed by atoms with E-state index in [2.05, 4.69) is 16.0 Å². The molecule has 258 valence electrons. The van der Waals surface area contributed by atoms with E-state index in [9.17, 15) is 54.0 Å². The number of carbonyl (C=O) groups is 7. The van der Waals surface area contributed by atoms with Crippen LogP contribution < -0.4 is 37.6 Å². The highest BCUT2D eigenvalue weighted by Gasteiger charge is 2.33. The fourth-order valence-corrected chi connectivity index (χ4v) is 3.40. The number of aliphatic hydroxyl groups excluding tert-OH is 5. The summed E-state index contributed by atoms with van der Waals surface area (Å²) in [6.07, 6.45) is 0. The highest BCUT2D eigenvalue weighted by Crippen LogP contribution is 2.06. The van der Waals surface area contributed by atoms with Gasteiger partial charge in [-0.15, -0.1) is 0 Å². The first kappa shape index (κ1) is 41.0. The molecule has 20 nitrogen and oxygen atoms in total. The lowest BCUT2D eigenvalue weighted by atomic mass is 10.00. The third-order valence-electron chi connectivity index (χ3n) is 6.33. The zero-order valence-corrected chi connectivity index (χ0v) is 25.4. The number of rotatable bonds is 20. The number of nitrogens with two attached hydrogens (primary N) is 1. The number of aliphatic carboxylic acids is 1. The Balaban J connectivity index is 5.46. The molecule has 14 N–H and O–H groups in total. The highest BCUT2D eigenvalue weighted by molar-refractivity contribution is 5.97. The van der Waals surface area contributed by atoms with Crippen molar-refractivity contribution in [1.29, 1.82) is 0 Å². The number of carboxylic acid groups (broad SMARTS) is 1. The average molecular weight is 652 g/mol. The van der Waals surface area contributed by atoms with Crippen molar-refractivity contribution < 1.29 is 64.2 Å². The van der Waals surface area contributed by atoms with Crippen LogP contribution in [-0.4, -0.2) is 147 Å². The van der Waals surface area contributed by atoms with Crippen molar-refractivity contribution in [3.63, 3.8) is 0 Å². The summed E-state index contributed by atoms with van der Waals surface area (Å²) in [4.78, 5) is 86.4.